The molecule has 1 rings (SSSR count). The summed E-state index contributed by atoms with van der Waals surface area (Å²) >= 11 is 0. The number of rotatable bonds is 5. The van der Waals surface area contributed by atoms with Crippen LogP contribution in [0.3, 0.4) is 0 Å². The monoisotopic (exact) mass is 235 g/mol. The van der Waals surface area contributed by atoms with E-state index >= 15 is 0 Å². The van der Waals surface area contributed by atoms with E-state index in [0.717, 1.165) is 18.8 Å². The molecule has 17 heavy (non-hydrogen) atoms. The Morgan fingerprint density at radius 1 is 1.24 bits per heavy atom. The van der Waals surface area contributed by atoms with Gasteiger partial charge in [0, 0.05) is 13.1 Å². The van der Waals surface area contributed by atoms with Gasteiger partial charge in [0.1, 0.15) is 5.75 Å². The van der Waals surface area contributed by atoms with Gasteiger partial charge in [-0.15, -0.1) is 0 Å². The highest BCUT2D eigenvalue weighted by Gasteiger charge is 2.08. The summed E-state index contributed by atoms with van der Waals surface area (Å²) in [6.45, 7) is 12.7. The van der Waals surface area contributed by atoms with Crippen LogP contribution in [0.5, 0.6) is 5.75 Å². The number of ether oxygens (including phenoxy) is 1. The Hall–Kier alpha value is -1.02. The average Bonchev–Trinajstić information content (AvgIpc) is 2.15. The van der Waals surface area contributed by atoms with E-state index in [2.05, 4.69) is 38.2 Å². The molecular weight excluding hydrogens is 210 g/mol. The first-order valence-electron chi connectivity index (χ1n) is 6.33. The predicted octanol–water partition coefficient (Wildman–Crippen LogP) is 3.61. The van der Waals surface area contributed by atoms with Crippen LogP contribution in [-0.2, 0) is 6.54 Å². The van der Waals surface area contributed by atoms with Gasteiger partial charge in [0.05, 0.1) is 6.10 Å². The molecule has 0 atom stereocenters. The normalized spacial score (nSPS) is 11.9. The van der Waals surface area contributed by atoms with Gasteiger partial charge < -0.3 is 10.1 Å². The molecule has 1 aromatic carbocycles. The molecule has 0 radical (unpaired) electrons. The van der Waals surface area contributed by atoms with Crippen molar-refractivity contribution in [3.8, 4) is 5.75 Å². The highest BCUT2D eigenvalue weighted by atomic mass is 16.5. The van der Waals surface area contributed by atoms with Crippen LogP contribution in [0.4, 0.5) is 0 Å². The van der Waals surface area contributed by atoms with E-state index in [-0.39, 0.29) is 6.10 Å². The van der Waals surface area contributed by atoms with E-state index in [4.69, 9.17) is 4.74 Å². The lowest BCUT2D eigenvalue weighted by Gasteiger charge is -2.19. The summed E-state index contributed by atoms with van der Waals surface area (Å²) in [4.78, 5) is 0. The topological polar surface area (TPSA) is 21.3 Å². The van der Waals surface area contributed by atoms with Crippen LogP contribution in [0.2, 0.25) is 0 Å². The summed E-state index contributed by atoms with van der Waals surface area (Å²) in [5, 5.41) is 3.47. The molecule has 0 fully saturated rings. The summed E-state index contributed by atoms with van der Waals surface area (Å²) in [5.74, 6) is 0.954. The van der Waals surface area contributed by atoms with Gasteiger partial charge in [0.2, 0.25) is 0 Å². The molecule has 1 aromatic rings. The second-order valence-electron chi connectivity index (χ2n) is 5.98. The molecule has 0 aromatic heterocycles. The standard InChI is InChI=1S/C15H25NO/c1-12(2)17-14-8-6-7-13(9-14)10-16-11-15(3,4)5/h6-9,12,16H,10-11H2,1-5H3. The van der Waals surface area contributed by atoms with E-state index in [0.29, 0.717) is 5.41 Å². The first kappa shape index (κ1) is 14.0. The fraction of sp³-hybridized carbons (Fsp3) is 0.600. The van der Waals surface area contributed by atoms with Crippen molar-refractivity contribution >= 4 is 0 Å². The molecule has 0 amide bonds. The molecule has 0 aliphatic heterocycles. The fourth-order valence-electron chi connectivity index (χ4n) is 1.58. The average molecular weight is 235 g/mol. The maximum absolute atomic E-state index is 5.67. The van der Waals surface area contributed by atoms with Crippen LogP contribution >= 0.6 is 0 Å². The minimum atomic E-state index is 0.229. The summed E-state index contributed by atoms with van der Waals surface area (Å²) in [6.07, 6.45) is 0.229. The van der Waals surface area contributed by atoms with E-state index in [1.54, 1.807) is 0 Å². The van der Waals surface area contributed by atoms with Crippen LogP contribution in [0.15, 0.2) is 24.3 Å². The van der Waals surface area contributed by atoms with Crippen molar-refractivity contribution in [2.75, 3.05) is 6.54 Å². The van der Waals surface area contributed by atoms with Crippen molar-refractivity contribution in [3.63, 3.8) is 0 Å². The van der Waals surface area contributed by atoms with Gasteiger partial charge in [-0.2, -0.15) is 0 Å². The first-order valence-corrected chi connectivity index (χ1v) is 6.33. The molecular formula is C15H25NO. The van der Waals surface area contributed by atoms with Crippen molar-refractivity contribution in [1.82, 2.24) is 5.32 Å². The highest BCUT2D eigenvalue weighted by molar-refractivity contribution is 5.28. The van der Waals surface area contributed by atoms with Gasteiger partial charge in [-0.25, -0.2) is 0 Å². The van der Waals surface area contributed by atoms with Crippen LogP contribution in [-0.4, -0.2) is 12.6 Å². The molecule has 1 N–H and O–H groups in total. The number of hydrogen-bond acceptors (Lipinski definition) is 2. The minimum absolute atomic E-state index is 0.229. The van der Waals surface area contributed by atoms with Gasteiger partial charge >= 0.3 is 0 Å². The Balaban J connectivity index is 2.48. The lowest BCUT2D eigenvalue weighted by atomic mass is 9.97. The van der Waals surface area contributed by atoms with Crippen LogP contribution in [0, 0.1) is 5.41 Å². The molecule has 2 nitrogen and oxygen atoms in total. The van der Waals surface area contributed by atoms with Crippen LogP contribution in [0.1, 0.15) is 40.2 Å². The van der Waals surface area contributed by atoms with E-state index in [1.807, 2.05) is 26.0 Å². The van der Waals surface area contributed by atoms with Gasteiger partial charge in [-0.1, -0.05) is 32.9 Å². The lowest BCUT2D eigenvalue weighted by molar-refractivity contribution is 0.242. The van der Waals surface area contributed by atoms with Crippen molar-refractivity contribution in [3.05, 3.63) is 29.8 Å². The summed E-state index contributed by atoms with van der Waals surface area (Å²) in [5.41, 5.74) is 1.60. The molecule has 0 bridgehead atoms. The molecule has 0 heterocycles. The zero-order valence-electron chi connectivity index (χ0n) is 11.7. The Bertz CT molecular complexity index is 339. The third-order valence-electron chi connectivity index (χ3n) is 2.25. The molecule has 0 aliphatic rings. The van der Waals surface area contributed by atoms with E-state index < -0.39 is 0 Å². The smallest absolute Gasteiger partial charge is 0.120 e. The Morgan fingerprint density at radius 3 is 2.53 bits per heavy atom. The SMILES string of the molecule is CC(C)Oc1cccc(CNCC(C)(C)C)c1. The molecule has 0 spiro atoms. The van der Waals surface area contributed by atoms with Crippen LogP contribution < -0.4 is 10.1 Å². The summed E-state index contributed by atoms with van der Waals surface area (Å²) in [7, 11) is 0. The van der Waals surface area contributed by atoms with Gasteiger partial charge in [-0.3, -0.25) is 0 Å². The number of hydrogen-bond donors (Lipinski definition) is 1. The highest BCUT2D eigenvalue weighted by Crippen LogP contribution is 2.15. The fourth-order valence-corrected chi connectivity index (χ4v) is 1.58. The van der Waals surface area contributed by atoms with E-state index in [9.17, 15) is 0 Å². The Morgan fingerprint density at radius 2 is 1.94 bits per heavy atom. The summed E-state index contributed by atoms with van der Waals surface area (Å²) in [6, 6.07) is 8.29. The lowest BCUT2D eigenvalue weighted by Crippen LogP contribution is -2.26. The van der Waals surface area contributed by atoms with E-state index in [1.165, 1.54) is 5.56 Å². The molecule has 0 saturated carbocycles. The minimum Gasteiger partial charge on any atom is -0.491 e. The zero-order chi connectivity index (χ0) is 12.9. The molecule has 0 unspecified atom stereocenters. The predicted molar refractivity (Wildman–Crippen MR) is 73.4 cm³/mol. The van der Waals surface area contributed by atoms with Crippen molar-refractivity contribution in [2.45, 2.75) is 47.3 Å². The third kappa shape index (κ3) is 6.32. The maximum Gasteiger partial charge on any atom is 0.120 e. The van der Waals surface area contributed by atoms with Gasteiger partial charge in [0.25, 0.3) is 0 Å². The Kier molecular flexibility index (Phi) is 5.01. The first-order chi connectivity index (χ1) is 7.87. The molecule has 2 heteroatoms. The third-order valence-corrected chi connectivity index (χ3v) is 2.25. The second kappa shape index (κ2) is 6.06. The maximum atomic E-state index is 5.67. The Labute approximate surface area is 105 Å². The van der Waals surface area contributed by atoms with Crippen molar-refractivity contribution in [2.24, 2.45) is 5.41 Å². The second-order valence-corrected chi connectivity index (χ2v) is 5.98. The zero-order valence-corrected chi connectivity index (χ0v) is 11.7. The van der Waals surface area contributed by atoms with Gasteiger partial charge in [-0.05, 0) is 37.0 Å². The largest absolute Gasteiger partial charge is 0.491 e. The summed E-state index contributed by atoms with van der Waals surface area (Å²) < 4.78 is 5.67. The number of nitrogens with one attached hydrogen (secondary N) is 1. The van der Waals surface area contributed by atoms with Crippen LogP contribution in [0.25, 0.3) is 0 Å². The van der Waals surface area contributed by atoms with Crippen molar-refractivity contribution in [1.29, 1.82) is 0 Å². The van der Waals surface area contributed by atoms with Gasteiger partial charge in [0.15, 0.2) is 0 Å². The molecule has 0 saturated heterocycles. The quantitative estimate of drug-likeness (QED) is 0.842. The molecule has 96 valence electrons. The van der Waals surface area contributed by atoms with Crippen molar-refractivity contribution < 1.29 is 4.74 Å². The molecule has 0 aliphatic carbocycles. The number of benzene rings is 1.